The summed E-state index contributed by atoms with van der Waals surface area (Å²) in [7, 11) is 1.57. The number of hydrogen-bond donors (Lipinski definition) is 2. The Morgan fingerprint density at radius 1 is 1.25 bits per heavy atom. The molecule has 1 aliphatic rings. The van der Waals surface area contributed by atoms with Gasteiger partial charge in [0, 0.05) is 25.5 Å². The van der Waals surface area contributed by atoms with Gasteiger partial charge in [-0.25, -0.2) is 5.01 Å². The molecule has 0 bridgehead atoms. The number of aromatic hydroxyl groups is 1. The summed E-state index contributed by atoms with van der Waals surface area (Å²) in [5.41, 5.74) is 6.72. The summed E-state index contributed by atoms with van der Waals surface area (Å²) in [4.78, 5) is 4.00. The van der Waals surface area contributed by atoms with E-state index in [4.69, 9.17) is 4.74 Å². The third-order valence-electron chi connectivity index (χ3n) is 3.48. The third kappa shape index (κ3) is 2.53. The van der Waals surface area contributed by atoms with Gasteiger partial charge >= 0.3 is 0 Å². The van der Waals surface area contributed by atoms with E-state index >= 15 is 0 Å². The largest absolute Gasteiger partial charge is 0.504 e. The minimum Gasteiger partial charge on any atom is -0.504 e. The highest BCUT2D eigenvalue weighted by Crippen LogP contribution is 2.32. The van der Waals surface area contributed by atoms with E-state index in [1.165, 1.54) is 5.56 Å². The Balaban J connectivity index is 1.77. The molecular formula is C15H17N3O2. The first-order chi connectivity index (χ1) is 9.76. The van der Waals surface area contributed by atoms with Crippen molar-refractivity contribution in [2.24, 2.45) is 0 Å². The number of fused-ring (bicyclic) bond motifs is 1. The molecule has 1 aromatic carbocycles. The van der Waals surface area contributed by atoms with E-state index < -0.39 is 0 Å². The van der Waals surface area contributed by atoms with Gasteiger partial charge in [-0.05, 0) is 41.8 Å². The van der Waals surface area contributed by atoms with Crippen LogP contribution >= 0.6 is 0 Å². The lowest BCUT2D eigenvalue weighted by molar-refractivity contribution is 0.304. The number of rotatable bonds is 3. The number of nitrogens with zero attached hydrogens (tertiary/aromatic N) is 2. The van der Waals surface area contributed by atoms with Gasteiger partial charge in [-0.2, -0.15) is 0 Å². The van der Waals surface area contributed by atoms with Gasteiger partial charge in [-0.3, -0.25) is 4.98 Å². The van der Waals surface area contributed by atoms with Crippen LogP contribution in [0, 0.1) is 0 Å². The maximum Gasteiger partial charge on any atom is 0.160 e. The lowest BCUT2D eigenvalue weighted by Crippen LogP contribution is -2.35. The standard InChI is InChI=1S/C15H17N3O2/c1-20-15-9-11-4-7-18(10-12(11)8-14(15)19)17-13-2-5-16-6-3-13/h2-3,5-6,8-9,19H,4,7,10H2,1H3,(H,16,17). The van der Waals surface area contributed by atoms with Crippen molar-refractivity contribution in [1.29, 1.82) is 0 Å². The minimum atomic E-state index is 0.192. The molecule has 0 spiro atoms. The molecular weight excluding hydrogens is 254 g/mol. The van der Waals surface area contributed by atoms with E-state index in [1.807, 2.05) is 18.2 Å². The fourth-order valence-corrected chi connectivity index (χ4v) is 2.44. The highest BCUT2D eigenvalue weighted by Gasteiger charge is 2.18. The number of hydrazine groups is 1. The maximum atomic E-state index is 9.87. The average molecular weight is 271 g/mol. The summed E-state index contributed by atoms with van der Waals surface area (Å²) in [5, 5.41) is 12.0. The van der Waals surface area contributed by atoms with Crippen LogP contribution in [0.4, 0.5) is 5.69 Å². The van der Waals surface area contributed by atoms with Crippen LogP contribution < -0.4 is 10.2 Å². The highest BCUT2D eigenvalue weighted by atomic mass is 16.5. The quantitative estimate of drug-likeness (QED) is 0.896. The van der Waals surface area contributed by atoms with Gasteiger partial charge in [-0.1, -0.05) is 0 Å². The Bertz CT molecular complexity index is 602. The molecule has 0 aliphatic carbocycles. The second kappa shape index (κ2) is 5.38. The van der Waals surface area contributed by atoms with Gasteiger partial charge in [0.05, 0.1) is 12.8 Å². The lowest BCUT2D eigenvalue weighted by atomic mass is 10.00. The molecule has 0 atom stereocenters. The van der Waals surface area contributed by atoms with Crippen LogP contribution in [0.2, 0.25) is 0 Å². The molecule has 0 saturated heterocycles. The average Bonchev–Trinajstić information content (AvgIpc) is 2.47. The van der Waals surface area contributed by atoms with E-state index in [2.05, 4.69) is 15.4 Å². The van der Waals surface area contributed by atoms with Crippen LogP contribution in [0.15, 0.2) is 36.7 Å². The molecule has 0 radical (unpaired) electrons. The Labute approximate surface area is 117 Å². The zero-order chi connectivity index (χ0) is 13.9. The molecule has 104 valence electrons. The van der Waals surface area contributed by atoms with E-state index in [1.54, 1.807) is 25.6 Å². The smallest absolute Gasteiger partial charge is 0.160 e. The molecule has 3 rings (SSSR count). The molecule has 1 aromatic heterocycles. The second-order valence-corrected chi connectivity index (χ2v) is 4.81. The number of phenols is 1. The molecule has 0 amide bonds. The van der Waals surface area contributed by atoms with E-state index in [0.29, 0.717) is 5.75 Å². The van der Waals surface area contributed by atoms with E-state index in [0.717, 1.165) is 30.8 Å². The first-order valence-electron chi connectivity index (χ1n) is 6.56. The molecule has 2 aromatic rings. The predicted octanol–water partition coefficient (Wildman–Crippen LogP) is 2.18. The molecule has 2 N–H and O–H groups in total. The summed E-state index contributed by atoms with van der Waals surface area (Å²) >= 11 is 0. The van der Waals surface area contributed by atoms with Gasteiger partial charge < -0.3 is 15.3 Å². The van der Waals surface area contributed by atoms with Crippen LogP contribution in [0.5, 0.6) is 11.5 Å². The minimum absolute atomic E-state index is 0.192. The number of methoxy groups -OCH3 is 1. The monoisotopic (exact) mass is 271 g/mol. The fourth-order valence-electron chi connectivity index (χ4n) is 2.44. The van der Waals surface area contributed by atoms with Gasteiger partial charge in [0.25, 0.3) is 0 Å². The zero-order valence-corrected chi connectivity index (χ0v) is 11.3. The predicted molar refractivity (Wildman–Crippen MR) is 76.6 cm³/mol. The van der Waals surface area contributed by atoms with Crippen molar-refractivity contribution in [2.45, 2.75) is 13.0 Å². The van der Waals surface area contributed by atoms with Crippen LogP contribution in [0.25, 0.3) is 0 Å². The SMILES string of the molecule is COc1cc2c(cc1O)CN(Nc1ccncc1)CC2. The molecule has 0 unspecified atom stereocenters. The number of ether oxygens (including phenoxy) is 1. The van der Waals surface area contributed by atoms with Crippen LogP contribution in [-0.2, 0) is 13.0 Å². The fraction of sp³-hybridized carbons (Fsp3) is 0.267. The van der Waals surface area contributed by atoms with Crippen molar-refractivity contribution in [3.8, 4) is 11.5 Å². The van der Waals surface area contributed by atoms with Crippen molar-refractivity contribution in [1.82, 2.24) is 9.99 Å². The number of phenolic OH excluding ortho intramolecular Hbond substituents is 1. The Kier molecular flexibility index (Phi) is 3.43. The topological polar surface area (TPSA) is 57.6 Å². The Hall–Kier alpha value is -2.27. The van der Waals surface area contributed by atoms with Gasteiger partial charge in [-0.15, -0.1) is 0 Å². The van der Waals surface area contributed by atoms with Crippen molar-refractivity contribution >= 4 is 5.69 Å². The van der Waals surface area contributed by atoms with Crippen LogP contribution in [0.3, 0.4) is 0 Å². The number of aromatic nitrogens is 1. The molecule has 5 heteroatoms. The first kappa shape index (κ1) is 12.7. The van der Waals surface area contributed by atoms with Gasteiger partial charge in [0.15, 0.2) is 11.5 Å². The highest BCUT2D eigenvalue weighted by molar-refractivity contribution is 5.48. The van der Waals surface area contributed by atoms with Crippen LogP contribution in [0.1, 0.15) is 11.1 Å². The summed E-state index contributed by atoms with van der Waals surface area (Å²) in [6.45, 7) is 1.65. The summed E-state index contributed by atoms with van der Waals surface area (Å²) in [5.74, 6) is 0.733. The molecule has 1 aliphatic heterocycles. The van der Waals surface area contributed by atoms with Crippen molar-refractivity contribution < 1.29 is 9.84 Å². The molecule has 2 heterocycles. The molecule has 5 nitrogen and oxygen atoms in total. The number of nitrogens with one attached hydrogen (secondary N) is 1. The molecule has 0 fully saturated rings. The van der Waals surface area contributed by atoms with Gasteiger partial charge in [0.2, 0.25) is 0 Å². The zero-order valence-electron chi connectivity index (χ0n) is 11.3. The van der Waals surface area contributed by atoms with E-state index in [9.17, 15) is 5.11 Å². The molecule has 20 heavy (non-hydrogen) atoms. The molecule has 0 saturated carbocycles. The second-order valence-electron chi connectivity index (χ2n) is 4.81. The van der Waals surface area contributed by atoms with Crippen molar-refractivity contribution in [3.05, 3.63) is 47.8 Å². The number of hydrogen-bond acceptors (Lipinski definition) is 5. The number of anilines is 1. The van der Waals surface area contributed by atoms with E-state index in [-0.39, 0.29) is 5.75 Å². The normalized spacial score (nSPS) is 14.7. The number of pyridine rings is 1. The summed E-state index contributed by atoms with van der Waals surface area (Å²) < 4.78 is 5.15. The summed E-state index contributed by atoms with van der Waals surface area (Å²) in [6, 6.07) is 7.57. The number of benzene rings is 1. The maximum absolute atomic E-state index is 9.87. The Morgan fingerprint density at radius 2 is 2.05 bits per heavy atom. The van der Waals surface area contributed by atoms with Crippen molar-refractivity contribution in [2.75, 3.05) is 19.1 Å². The van der Waals surface area contributed by atoms with Crippen molar-refractivity contribution in [3.63, 3.8) is 0 Å². The van der Waals surface area contributed by atoms with Gasteiger partial charge in [0.1, 0.15) is 0 Å². The Morgan fingerprint density at radius 3 is 2.80 bits per heavy atom. The lowest BCUT2D eigenvalue weighted by Gasteiger charge is -2.30. The summed E-state index contributed by atoms with van der Waals surface area (Å²) in [6.07, 6.45) is 4.44. The third-order valence-corrected chi connectivity index (χ3v) is 3.48. The van der Waals surface area contributed by atoms with Crippen LogP contribution in [-0.4, -0.2) is 28.8 Å². The first-order valence-corrected chi connectivity index (χ1v) is 6.56.